The van der Waals surface area contributed by atoms with Crippen LogP contribution >= 0.6 is 0 Å². The van der Waals surface area contributed by atoms with E-state index in [1.165, 1.54) is 0 Å². The fraction of sp³-hybridized carbons (Fsp3) is 0.353. The lowest BCUT2D eigenvalue weighted by Crippen LogP contribution is -2.28. The quantitative estimate of drug-likeness (QED) is 0.860. The summed E-state index contributed by atoms with van der Waals surface area (Å²) in [5, 5.41) is 12.8. The van der Waals surface area contributed by atoms with Crippen LogP contribution in [-0.2, 0) is 6.42 Å². The van der Waals surface area contributed by atoms with Crippen LogP contribution < -0.4 is 10.1 Å². The highest BCUT2D eigenvalue weighted by Crippen LogP contribution is 2.19. The Bertz CT molecular complexity index is 648. The highest BCUT2D eigenvalue weighted by molar-refractivity contribution is 5.91. The molecule has 1 aromatic carbocycles. The number of benzene rings is 1. The van der Waals surface area contributed by atoms with Crippen molar-refractivity contribution >= 4 is 5.91 Å². The Kier molecular flexibility index (Phi) is 5.22. The highest BCUT2D eigenvalue weighted by Gasteiger charge is 2.15. The number of aliphatic hydroxyl groups is 1. The Morgan fingerprint density at radius 1 is 1.41 bits per heavy atom. The smallest absolute Gasteiger partial charge is 0.287 e. The summed E-state index contributed by atoms with van der Waals surface area (Å²) < 4.78 is 10.6. The van der Waals surface area contributed by atoms with Crippen molar-refractivity contribution in [1.82, 2.24) is 5.32 Å². The Labute approximate surface area is 129 Å². The number of carbonyl (C=O) groups is 1. The van der Waals surface area contributed by atoms with Crippen molar-refractivity contribution in [1.29, 1.82) is 0 Å². The number of amides is 1. The predicted molar refractivity (Wildman–Crippen MR) is 83.1 cm³/mol. The second-order valence-corrected chi connectivity index (χ2v) is 5.07. The Morgan fingerprint density at radius 3 is 2.82 bits per heavy atom. The summed E-state index contributed by atoms with van der Waals surface area (Å²) in [6, 6.07) is 8.83. The number of hydrogen-bond acceptors (Lipinski definition) is 4. The molecule has 0 aliphatic rings. The lowest BCUT2D eigenvalue weighted by atomic mass is 10.1. The number of aliphatic hydroxyl groups excluding tert-OH is 1. The van der Waals surface area contributed by atoms with Gasteiger partial charge in [-0.15, -0.1) is 0 Å². The molecule has 2 aromatic rings. The van der Waals surface area contributed by atoms with Crippen LogP contribution in [0.1, 0.15) is 40.5 Å². The molecule has 22 heavy (non-hydrogen) atoms. The molecule has 0 aliphatic carbocycles. The summed E-state index contributed by atoms with van der Waals surface area (Å²) in [4.78, 5) is 12.0. The molecule has 0 spiro atoms. The van der Waals surface area contributed by atoms with Gasteiger partial charge in [0.15, 0.2) is 5.76 Å². The topological polar surface area (TPSA) is 71.7 Å². The van der Waals surface area contributed by atoms with E-state index in [0.29, 0.717) is 11.3 Å². The van der Waals surface area contributed by atoms with Crippen LogP contribution in [0.4, 0.5) is 0 Å². The number of hydrogen-bond donors (Lipinski definition) is 2. The molecule has 118 valence electrons. The zero-order chi connectivity index (χ0) is 16.1. The van der Waals surface area contributed by atoms with Gasteiger partial charge >= 0.3 is 0 Å². The summed E-state index contributed by atoms with van der Waals surface area (Å²) in [6.45, 7) is 3.98. The van der Waals surface area contributed by atoms with Gasteiger partial charge in [0.25, 0.3) is 5.91 Å². The zero-order valence-corrected chi connectivity index (χ0v) is 13.1. The first-order valence-corrected chi connectivity index (χ1v) is 7.24. The van der Waals surface area contributed by atoms with Gasteiger partial charge in [0.05, 0.1) is 13.2 Å². The van der Waals surface area contributed by atoms with E-state index in [2.05, 4.69) is 5.32 Å². The molecular weight excluding hydrogens is 282 g/mol. The van der Waals surface area contributed by atoms with Crippen molar-refractivity contribution in [2.24, 2.45) is 0 Å². The van der Waals surface area contributed by atoms with Crippen LogP contribution in [0, 0.1) is 6.92 Å². The molecule has 1 unspecified atom stereocenters. The standard InChI is InChI=1S/C17H21NO4/c1-4-15-11(2)8-16(22-15)17(20)18-10-14(19)12-6-5-7-13(9-12)21-3/h5-9,14,19H,4,10H2,1-3H3,(H,18,20). The van der Waals surface area contributed by atoms with Gasteiger partial charge in [-0.25, -0.2) is 0 Å². The van der Waals surface area contributed by atoms with Gasteiger partial charge in [0.2, 0.25) is 0 Å². The molecule has 1 amide bonds. The van der Waals surface area contributed by atoms with Crippen molar-refractivity contribution in [2.75, 3.05) is 13.7 Å². The summed E-state index contributed by atoms with van der Waals surface area (Å²) in [5.41, 5.74) is 1.64. The van der Waals surface area contributed by atoms with E-state index in [1.807, 2.05) is 13.8 Å². The fourth-order valence-corrected chi connectivity index (χ4v) is 2.23. The van der Waals surface area contributed by atoms with Crippen LogP contribution in [0.25, 0.3) is 0 Å². The average Bonchev–Trinajstić information content (AvgIpc) is 2.93. The first-order valence-electron chi connectivity index (χ1n) is 7.24. The maximum absolute atomic E-state index is 12.0. The molecule has 0 bridgehead atoms. The summed E-state index contributed by atoms with van der Waals surface area (Å²) in [5.74, 6) is 1.41. The monoisotopic (exact) mass is 303 g/mol. The number of nitrogens with one attached hydrogen (secondary N) is 1. The van der Waals surface area contributed by atoms with Gasteiger partial charge in [-0.2, -0.15) is 0 Å². The maximum atomic E-state index is 12.0. The van der Waals surface area contributed by atoms with Crippen molar-refractivity contribution in [3.05, 3.63) is 53.0 Å². The van der Waals surface area contributed by atoms with Gasteiger partial charge in [-0.05, 0) is 36.2 Å². The van der Waals surface area contributed by atoms with E-state index in [1.54, 1.807) is 37.4 Å². The van der Waals surface area contributed by atoms with Crippen LogP contribution in [0.2, 0.25) is 0 Å². The lowest BCUT2D eigenvalue weighted by Gasteiger charge is -2.12. The van der Waals surface area contributed by atoms with Crippen molar-refractivity contribution in [3.63, 3.8) is 0 Å². The van der Waals surface area contributed by atoms with Crippen LogP contribution in [0.3, 0.4) is 0 Å². The fourth-order valence-electron chi connectivity index (χ4n) is 2.23. The Morgan fingerprint density at radius 2 is 2.18 bits per heavy atom. The van der Waals surface area contributed by atoms with E-state index >= 15 is 0 Å². The van der Waals surface area contributed by atoms with E-state index in [-0.39, 0.29) is 18.2 Å². The van der Waals surface area contributed by atoms with E-state index in [0.717, 1.165) is 17.7 Å². The minimum Gasteiger partial charge on any atom is -0.497 e. The molecule has 0 aliphatic heterocycles. The molecule has 5 heteroatoms. The Balaban J connectivity index is 1.97. The summed E-state index contributed by atoms with van der Waals surface area (Å²) >= 11 is 0. The minimum atomic E-state index is -0.805. The Hall–Kier alpha value is -2.27. The van der Waals surface area contributed by atoms with Crippen LogP contribution in [-0.4, -0.2) is 24.7 Å². The highest BCUT2D eigenvalue weighted by atomic mass is 16.5. The van der Waals surface area contributed by atoms with Gasteiger partial charge in [-0.3, -0.25) is 4.79 Å². The van der Waals surface area contributed by atoms with Crippen molar-refractivity contribution in [2.45, 2.75) is 26.4 Å². The maximum Gasteiger partial charge on any atom is 0.287 e. The molecule has 1 heterocycles. The molecule has 5 nitrogen and oxygen atoms in total. The summed E-state index contributed by atoms with van der Waals surface area (Å²) in [7, 11) is 1.57. The molecule has 0 saturated carbocycles. The number of carbonyl (C=O) groups excluding carboxylic acids is 1. The van der Waals surface area contributed by atoms with Gasteiger partial charge in [0.1, 0.15) is 11.5 Å². The molecule has 2 N–H and O–H groups in total. The second kappa shape index (κ2) is 7.13. The van der Waals surface area contributed by atoms with E-state index in [9.17, 15) is 9.90 Å². The molecule has 0 fully saturated rings. The molecule has 1 atom stereocenters. The summed E-state index contributed by atoms with van der Waals surface area (Å²) in [6.07, 6.45) is -0.0632. The normalized spacial score (nSPS) is 12.0. The average molecular weight is 303 g/mol. The van der Waals surface area contributed by atoms with Crippen molar-refractivity contribution < 1.29 is 19.1 Å². The number of ether oxygens (including phenoxy) is 1. The van der Waals surface area contributed by atoms with Gasteiger partial charge < -0.3 is 19.6 Å². The van der Waals surface area contributed by atoms with Gasteiger partial charge in [-0.1, -0.05) is 19.1 Å². The number of methoxy groups -OCH3 is 1. The first kappa shape index (κ1) is 16.1. The van der Waals surface area contributed by atoms with Gasteiger partial charge in [0, 0.05) is 13.0 Å². The molecule has 1 aromatic heterocycles. The number of rotatable bonds is 6. The number of aryl methyl sites for hydroxylation is 2. The zero-order valence-electron chi connectivity index (χ0n) is 13.1. The predicted octanol–water partition coefficient (Wildman–Crippen LogP) is 2.62. The largest absolute Gasteiger partial charge is 0.497 e. The van der Waals surface area contributed by atoms with Crippen molar-refractivity contribution in [3.8, 4) is 5.75 Å². The van der Waals surface area contributed by atoms with E-state index in [4.69, 9.17) is 9.15 Å². The van der Waals surface area contributed by atoms with Crippen LogP contribution in [0.5, 0.6) is 5.75 Å². The number of furan rings is 1. The lowest BCUT2D eigenvalue weighted by molar-refractivity contribution is 0.0887. The molecule has 0 radical (unpaired) electrons. The first-order chi connectivity index (χ1) is 10.5. The molecular formula is C17H21NO4. The molecule has 2 rings (SSSR count). The van der Waals surface area contributed by atoms with Crippen LogP contribution in [0.15, 0.2) is 34.7 Å². The SMILES string of the molecule is CCc1oc(C(=O)NCC(O)c2cccc(OC)c2)cc1C. The second-order valence-electron chi connectivity index (χ2n) is 5.07. The minimum absolute atomic E-state index is 0.104. The third kappa shape index (κ3) is 3.68. The van der Waals surface area contributed by atoms with E-state index < -0.39 is 6.10 Å². The molecule has 0 saturated heterocycles. The third-order valence-electron chi connectivity index (χ3n) is 3.50. The third-order valence-corrected chi connectivity index (χ3v) is 3.50.